The smallest absolute Gasteiger partial charge is 0.125 e. The SMILES string of the molecule is NCCCc1cnc(-c2ccccc2Cl)s1. The summed E-state index contributed by atoms with van der Waals surface area (Å²) in [6.07, 6.45) is 3.92. The van der Waals surface area contributed by atoms with Gasteiger partial charge in [0.2, 0.25) is 0 Å². The van der Waals surface area contributed by atoms with Crippen molar-refractivity contribution in [3.05, 3.63) is 40.4 Å². The highest BCUT2D eigenvalue weighted by molar-refractivity contribution is 7.15. The van der Waals surface area contributed by atoms with E-state index >= 15 is 0 Å². The van der Waals surface area contributed by atoms with Gasteiger partial charge in [0.05, 0.1) is 5.02 Å². The summed E-state index contributed by atoms with van der Waals surface area (Å²) in [5, 5.41) is 1.74. The molecule has 0 spiro atoms. The minimum absolute atomic E-state index is 0.722. The van der Waals surface area contributed by atoms with Crippen LogP contribution in [0.15, 0.2) is 30.5 Å². The Labute approximate surface area is 104 Å². The van der Waals surface area contributed by atoms with Crippen LogP contribution < -0.4 is 5.73 Å². The fourth-order valence-corrected chi connectivity index (χ4v) is 2.73. The Bertz CT molecular complexity index is 468. The molecule has 0 fully saturated rings. The Balaban J connectivity index is 2.22. The van der Waals surface area contributed by atoms with Gasteiger partial charge in [0.1, 0.15) is 5.01 Å². The van der Waals surface area contributed by atoms with Crippen molar-refractivity contribution in [2.45, 2.75) is 12.8 Å². The second-order valence-electron chi connectivity index (χ2n) is 3.50. The van der Waals surface area contributed by atoms with Gasteiger partial charge in [-0.1, -0.05) is 29.8 Å². The maximum absolute atomic E-state index is 6.12. The molecule has 2 N–H and O–H groups in total. The lowest BCUT2D eigenvalue weighted by Crippen LogP contribution is -1.99. The normalized spacial score (nSPS) is 10.6. The average Bonchev–Trinajstić information content (AvgIpc) is 2.75. The lowest BCUT2D eigenvalue weighted by Gasteiger charge is -1.98. The van der Waals surface area contributed by atoms with Crippen molar-refractivity contribution in [3.63, 3.8) is 0 Å². The fraction of sp³-hybridized carbons (Fsp3) is 0.250. The number of hydrogen-bond acceptors (Lipinski definition) is 3. The molecule has 2 nitrogen and oxygen atoms in total. The average molecular weight is 253 g/mol. The number of aromatic nitrogens is 1. The highest BCUT2D eigenvalue weighted by Crippen LogP contribution is 2.31. The second kappa shape index (κ2) is 5.43. The van der Waals surface area contributed by atoms with Crippen LogP contribution in [0.4, 0.5) is 0 Å². The van der Waals surface area contributed by atoms with Gasteiger partial charge in [-0.25, -0.2) is 4.98 Å². The van der Waals surface area contributed by atoms with Crippen LogP contribution in [0.5, 0.6) is 0 Å². The largest absolute Gasteiger partial charge is 0.330 e. The topological polar surface area (TPSA) is 38.9 Å². The predicted octanol–water partition coefficient (Wildman–Crippen LogP) is 3.35. The number of aryl methyl sites for hydroxylation is 1. The molecule has 1 heterocycles. The van der Waals surface area contributed by atoms with E-state index in [9.17, 15) is 0 Å². The zero-order chi connectivity index (χ0) is 11.4. The van der Waals surface area contributed by atoms with Gasteiger partial charge in [0, 0.05) is 16.6 Å². The van der Waals surface area contributed by atoms with E-state index in [4.69, 9.17) is 17.3 Å². The van der Waals surface area contributed by atoms with E-state index in [1.807, 2.05) is 30.5 Å². The monoisotopic (exact) mass is 252 g/mol. The number of nitrogens with zero attached hydrogens (tertiary/aromatic N) is 1. The highest BCUT2D eigenvalue weighted by Gasteiger charge is 2.07. The van der Waals surface area contributed by atoms with E-state index in [0.717, 1.165) is 35.0 Å². The summed E-state index contributed by atoms with van der Waals surface area (Å²) in [5.41, 5.74) is 6.49. The van der Waals surface area contributed by atoms with E-state index in [2.05, 4.69) is 4.98 Å². The van der Waals surface area contributed by atoms with Crippen molar-refractivity contribution in [1.29, 1.82) is 0 Å². The predicted molar refractivity (Wildman–Crippen MR) is 69.9 cm³/mol. The molecule has 0 aliphatic rings. The second-order valence-corrected chi connectivity index (χ2v) is 5.03. The van der Waals surface area contributed by atoms with Gasteiger partial charge in [-0.15, -0.1) is 11.3 Å². The summed E-state index contributed by atoms with van der Waals surface area (Å²) in [6.45, 7) is 0.722. The number of hydrogen-bond donors (Lipinski definition) is 1. The molecule has 0 aliphatic carbocycles. The van der Waals surface area contributed by atoms with E-state index in [1.165, 1.54) is 4.88 Å². The molecule has 0 bridgehead atoms. The van der Waals surface area contributed by atoms with Gasteiger partial charge in [-0.3, -0.25) is 0 Å². The highest BCUT2D eigenvalue weighted by atomic mass is 35.5. The first-order valence-corrected chi connectivity index (χ1v) is 6.40. The van der Waals surface area contributed by atoms with Crippen molar-refractivity contribution >= 4 is 22.9 Å². The first-order valence-electron chi connectivity index (χ1n) is 5.21. The van der Waals surface area contributed by atoms with Crippen molar-refractivity contribution in [3.8, 4) is 10.6 Å². The van der Waals surface area contributed by atoms with Crippen LogP contribution in [0.1, 0.15) is 11.3 Å². The van der Waals surface area contributed by atoms with Crippen LogP contribution >= 0.6 is 22.9 Å². The molecule has 84 valence electrons. The molecule has 0 saturated heterocycles. The molecule has 4 heteroatoms. The van der Waals surface area contributed by atoms with E-state index in [-0.39, 0.29) is 0 Å². The molecule has 2 aromatic rings. The van der Waals surface area contributed by atoms with Crippen LogP contribution in [0.3, 0.4) is 0 Å². The van der Waals surface area contributed by atoms with E-state index in [1.54, 1.807) is 11.3 Å². The Morgan fingerprint density at radius 3 is 2.88 bits per heavy atom. The van der Waals surface area contributed by atoms with Crippen molar-refractivity contribution in [2.24, 2.45) is 5.73 Å². The molecule has 0 amide bonds. The third-order valence-corrected chi connectivity index (χ3v) is 3.71. The molecule has 16 heavy (non-hydrogen) atoms. The Kier molecular flexibility index (Phi) is 3.93. The van der Waals surface area contributed by atoms with Gasteiger partial charge >= 0.3 is 0 Å². The zero-order valence-electron chi connectivity index (χ0n) is 8.82. The molecule has 0 saturated carbocycles. The summed E-state index contributed by atoms with van der Waals surface area (Å²) in [4.78, 5) is 5.66. The summed E-state index contributed by atoms with van der Waals surface area (Å²) in [7, 11) is 0. The van der Waals surface area contributed by atoms with Crippen LogP contribution in [0, 0.1) is 0 Å². The van der Waals surface area contributed by atoms with Gasteiger partial charge in [-0.2, -0.15) is 0 Å². The number of thiazole rings is 1. The Morgan fingerprint density at radius 2 is 2.12 bits per heavy atom. The first kappa shape index (κ1) is 11.6. The van der Waals surface area contributed by atoms with Gasteiger partial charge in [0.25, 0.3) is 0 Å². The van der Waals surface area contributed by atoms with E-state index < -0.39 is 0 Å². The minimum Gasteiger partial charge on any atom is -0.330 e. The third kappa shape index (κ3) is 2.61. The van der Waals surface area contributed by atoms with Gasteiger partial charge in [-0.05, 0) is 25.5 Å². The molecule has 0 radical (unpaired) electrons. The summed E-state index contributed by atoms with van der Waals surface area (Å²) >= 11 is 7.81. The zero-order valence-corrected chi connectivity index (χ0v) is 10.4. The molecular weight excluding hydrogens is 240 g/mol. The van der Waals surface area contributed by atoms with Crippen LogP contribution in [0.25, 0.3) is 10.6 Å². The number of nitrogens with two attached hydrogens (primary N) is 1. The molecular formula is C12H13ClN2S. The number of halogens is 1. The van der Waals surface area contributed by atoms with Crippen molar-refractivity contribution < 1.29 is 0 Å². The lowest BCUT2D eigenvalue weighted by molar-refractivity contribution is 0.841. The van der Waals surface area contributed by atoms with Crippen LogP contribution in [0.2, 0.25) is 5.02 Å². The first-order chi connectivity index (χ1) is 7.81. The molecule has 1 aromatic heterocycles. The molecule has 1 aromatic carbocycles. The summed E-state index contributed by atoms with van der Waals surface area (Å²) < 4.78 is 0. The van der Waals surface area contributed by atoms with Gasteiger partial charge < -0.3 is 5.73 Å². The molecule has 0 atom stereocenters. The van der Waals surface area contributed by atoms with Crippen LogP contribution in [-0.2, 0) is 6.42 Å². The standard InChI is InChI=1S/C12H13ClN2S/c13-11-6-2-1-5-10(11)12-15-8-9(16-12)4-3-7-14/h1-2,5-6,8H,3-4,7,14H2. The van der Waals surface area contributed by atoms with E-state index in [0.29, 0.717) is 0 Å². The maximum atomic E-state index is 6.12. The van der Waals surface area contributed by atoms with Gasteiger partial charge in [0.15, 0.2) is 0 Å². The number of rotatable bonds is 4. The summed E-state index contributed by atoms with van der Waals surface area (Å²) in [6, 6.07) is 7.78. The lowest BCUT2D eigenvalue weighted by atomic mass is 10.2. The minimum atomic E-state index is 0.722. The molecule has 2 rings (SSSR count). The van der Waals surface area contributed by atoms with Crippen molar-refractivity contribution in [1.82, 2.24) is 4.98 Å². The quantitative estimate of drug-likeness (QED) is 0.906. The Morgan fingerprint density at radius 1 is 1.31 bits per heavy atom. The summed E-state index contributed by atoms with van der Waals surface area (Å²) in [5.74, 6) is 0. The fourth-order valence-electron chi connectivity index (χ4n) is 1.46. The Hall–Kier alpha value is -0.900. The van der Waals surface area contributed by atoms with Crippen molar-refractivity contribution in [2.75, 3.05) is 6.54 Å². The third-order valence-electron chi connectivity index (χ3n) is 2.29. The molecule has 0 aliphatic heterocycles. The maximum Gasteiger partial charge on any atom is 0.125 e. The van der Waals surface area contributed by atoms with Crippen LogP contribution in [-0.4, -0.2) is 11.5 Å². The number of benzene rings is 1. The molecule has 0 unspecified atom stereocenters.